The van der Waals surface area contributed by atoms with Crippen molar-refractivity contribution in [1.29, 1.82) is 0 Å². The summed E-state index contributed by atoms with van der Waals surface area (Å²) in [6.45, 7) is 5.04. The lowest BCUT2D eigenvalue weighted by Gasteiger charge is -2.49. The molecule has 33 heavy (non-hydrogen) atoms. The predicted octanol–water partition coefficient (Wildman–Crippen LogP) is 2.34. The minimum Gasteiger partial charge on any atom is -0.467 e. The van der Waals surface area contributed by atoms with E-state index >= 15 is 4.39 Å². The maximum atomic E-state index is 16.0. The SMILES string of the molecule is COc1nc(N2CCNC3(COC3)C2)c2cnc(-c3c(C)cc(F)c4[nH]ncc34)c(F)c2n1. The Hall–Kier alpha value is -3.44. The van der Waals surface area contributed by atoms with Crippen molar-refractivity contribution < 1.29 is 18.3 Å². The van der Waals surface area contributed by atoms with Crippen molar-refractivity contribution in [3.63, 3.8) is 0 Å². The van der Waals surface area contributed by atoms with Gasteiger partial charge in [0.1, 0.15) is 28.4 Å². The van der Waals surface area contributed by atoms with E-state index in [2.05, 4.69) is 35.4 Å². The first kappa shape index (κ1) is 20.2. The van der Waals surface area contributed by atoms with Crippen LogP contribution in [0.25, 0.3) is 33.1 Å². The molecule has 11 heteroatoms. The van der Waals surface area contributed by atoms with Crippen molar-refractivity contribution in [2.45, 2.75) is 12.5 Å². The standard InChI is InChI=1S/C22H21F2N7O2/c1-11-5-14(23)17-12(7-27-30-17)15(11)19-16(24)18-13(6-25-19)20(29-21(28-18)32-2)31-4-3-26-22(8-31)9-33-10-22/h5-7,26H,3-4,8-10H2,1-2H3,(H,27,30). The van der Waals surface area contributed by atoms with Crippen LogP contribution in [0.5, 0.6) is 6.01 Å². The highest BCUT2D eigenvalue weighted by atomic mass is 19.1. The number of ether oxygens (including phenoxy) is 2. The molecule has 9 nitrogen and oxygen atoms in total. The Bertz CT molecular complexity index is 1400. The number of hydrogen-bond donors (Lipinski definition) is 2. The van der Waals surface area contributed by atoms with Gasteiger partial charge in [-0.05, 0) is 18.6 Å². The first-order valence-electron chi connectivity index (χ1n) is 10.6. The molecule has 2 aliphatic heterocycles. The molecule has 0 saturated carbocycles. The van der Waals surface area contributed by atoms with E-state index in [9.17, 15) is 4.39 Å². The summed E-state index contributed by atoms with van der Waals surface area (Å²) < 4.78 is 41.0. The highest BCUT2D eigenvalue weighted by Gasteiger charge is 2.42. The van der Waals surface area contributed by atoms with Crippen LogP contribution >= 0.6 is 0 Å². The van der Waals surface area contributed by atoms with Crippen molar-refractivity contribution in [1.82, 2.24) is 30.5 Å². The van der Waals surface area contributed by atoms with Gasteiger partial charge in [-0.3, -0.25) is 10.1 Å². The van der Waals surface area contributed by atoms with Gasteiger partial charge in [-0.2, -0.15) is 15.1 Å². The topological polar surface area (TPSA) is 101 Å². The number of hydrogen-bond acceptors (Lipinski definition) is 8. The number of fused-ring (bicyclic) bond motifs is 2. The number of nitrogens with one attached hydrogen (secondary N) is 2. The fraction of sp³-hybridized carbons (Fsp3) is 0.364. The predicted molar refractivity (Wildman–Crippen MR) is 117 cm³/mol. The van der Waals surface area contributed by atoms with Crippen LogP contribution in [0.4, 0.5) is 14.6 Å². The summed E-state index contributed by atoms with van der Waals surface area (Å²) in [7, 11) is 1.45. The molecule has 1 aromatic carbocycles. The Labute approximate surface area is 187 Å². The number of rotatable bonds is 3. The molecule has 3 aromatic heterocycles. The van der Waals surface area contributed by atoms with E-state index in [-0.39, 0.29) is 28.3 Å². The fourth-order valence-corrected chi connectivity index (χ4v) is 4.73. The van der Waals surface area contributed by atoms with Crippen LogP contribution in [0.15, 0.2) is 18.5 Å². The maximum absolute atomic E-state index is 16.0. The van der Waals surface area contributed by atoms with E-state index < -0.39 is 11.6 Å². The molecule has 0 amide bonds. The molecule has 2 fully saturated rings. The molecule has 0 unspecified atom stereocenters. The average Bonchev–Trinajstić information content (AvgIpc) is 3.29. The van der Waals surface area contributed by atoms with Crippen molar-refractivity contribution in [2.24, 2.45) is 0 Å². The lowest BCUT2D eigenvalue weighted by Crippen LogP contribution is -2.70. The lowest BCUT2D eigenvalue weighted by atomic mass is 9.94. The van der Waals surface area contributed by atoms with Crippen LogP contribution in [-0.4, -0.2) is 70.6 Å². The first-order chi connectivity index (χ1) is 16.0. The van der Waals surface area contributed by atoms with Crippen LogP contribution in [0.2, 0.25) is 0 Å². The van der Waals surface area contributed by atoms with Crippen molar-refractivity contribution in [2.75, 3.05) is 44.9 Å². The van der Waals surface area contributed by atoms with Crippen molar-refractivity contribution in [3.05, 3.63) is 35.7 Å². The molecule has 0 radical (unpaired) electrons. The normalized spacial score (nSPS) is 17.6. The Balaban J connectivity index is 1.54. The number of methoxy groups -OCH3 is 1. The third-order valence-electron chi connectivity index (χ3n) is 6.38. The second-order valence-electron chi connectivity index (χ2n) is 8.55. The number of pyridine rings is 1. The zero-order valence-electron chi connectivity index (χ0n) is 18.1. The number of halogens is 2. The summed E-state index contributed by atoms with van der Waals surface area (Å²) in [6, 6.07) is 1.41. The van der Waals surface area contributed by atoms with Gasteiger partial charge in [0.15, 0.2) is 5.82 Å². The smallest absolute Gasteiger partial charge is 0.318 e. The highest BCUT2D eigenvalue weighted by molar-refractivity contribution is 5.99. The summed E-state index contributed by atoms with van der Waals surface area (Å²) >= 11 is 0. The highest BCUT2D eigenvalue weighted by Crippen LogP contribution is 2.37. The fourth-order valence-electron chi connectivity index (χ4n) is 4.73. The molecule has 2 aliphatic rings. The number of aromatic nitrogens is 5. The molecule has 2 saturated heterocycles. The van der Waals surface area contributed by atoms with E-state index in [1.54, 1.807) is 13.1 Å². The molecular formula is C22H21F2N7O2. The second kappa shape index (κ2) is 7.29. The molecule has 4 aromatic rings. The number of nitrogens with zero attached hydrogens (tertiary/aromatic N) is 5. The molecule has 5 heterocycles. The summed E-state index contributed by atoms with van der Waals surface area (Å²) in [4.78, 5) is 15.4. The molecule has 6 rings (SSSR count). The van der Waals surface area contributed by atoms with Crippen molar-refractivity contribution in [3.8, 4) is 17.3 Å². The average molecular weight is 453 g/mol. The lowest BCUT2D eigenvalue weighted by molar-refractivity contribution is -0.0743. The van der Waals surface area contributed by atoms with Crippen LogP contribution in [-0.2, 0) is 4.74 Å². The van der Waals surface area contributed by atoms with Crippen LogP contribution in [0, 0.1) is 18.6 Å². The minimum atomic E-state index is -0.622. The molecule has 0 atom stereocenters. The number of anilines is 1. The van der Waals surface area contributed by atoms with Crippen LogP contribution < -0.4 is 15.0 Å². The molecule has 0 bridgehead atoms. The van der Waals surface area contributed by atoms with Gasteiger partial charge in [-0.25, -0.2) is 8.78 Å². The van der Waals surface area contributed by atoms with Gasteiger partial charge >= 0.3 is 6.01 Å². The summed E-state index contributed by atoms with van der Waals surface area (Å²) in [5.74, 6) is -0.515. The number of H-pyrrole nitrogens is 1. The van der Waals surface area contributed by atoms with Crippen LogP contribution in [0.3, 0.4) is 0 Å². The van der Waals surface area contributed by atoms with Gasteiger partial charge in [-0.15, -0.1) is 0 Å². The Kier molecular flexibility index (Phi) is 4.46. The zero-order chi connectivity index (χ0) is 22.7. The number of benzene rings is 1. The minimum absolute atomic E-state index is 0.0651. The van der Waals surface area contributed by atoms with E-state index in [0.717, 1.165) is 6.54 Å². The number of aryl methyl sites for hydroxylation is 1. The van der Waals surface area contributed by atoms with Crippen molar-refractivity contribution >= 4 is 27.6 Å². The summed E-state index contributed by atoms with van der Waals surface area (Å²) in [5, 5.41) is 11.0. The molecule has 0 aliphatic carbocycles. The largest absolute Gasteiger partial charge is 0.467 e. The zero-order valence-corrected chi connectivity index (χ0v) is 18.1. The Morgan fingerprint density at radius 1 is 1.18 bits per heavy atom. The molecular weight excluding hydrogens is 432 g/mol. The number of piperazine rings is 1. The van der Waals surface area contributed by atoms with E-state index in [4.69, 9.17) is 9.47 Å². The van der Waals surface area contributed by atoms with Gasteiger partial charge in [-0.1, -0.05) is 0 Å². The third-order valence-corrected chi connectivity index (χ3v) is 6.38. The Morgan fingerprint density at radius 3 is 2.79 bits per heavy atom. The quantitative estimate of drug-likeness (QED) is 0.488. The maximum Gasteiger partial charge on any atom is 0.318 e. The van der Waals surface area contributed by atoms with Crippen LogP contribution in [0.1, 0.15) is 5.56 Å². The monoisotopic (exact) mass is 453 g/mol. The second-order valence-corrected chi connectivity index (χ2v) is 8.55. The first-order valence-corrected chi connectivity index (χ1v) is 10.6. The van der Waals surface area contributed by atoms with E-state index in [1.807, 2.05) is 0 Å². The third kappa shape index (κ3) is 3.03. The van der Waals surface area contributed by atoms with E-state index in [0.29, 0.717) is 54.0 Å². The molecule has 170 valence electrons. The van der Waals surface area contributed by atoms with Gasteiger partial charge in [0.25, 0.3) is 0 Å². The van der Waals surface area contributed by atoms with Gasteiger partial charge in [0.05, 0.1) is 37.4 Å². The van der Waals surface area contributed by atoms with Gasteiger partial charge in [0.2, 0.25) is 0 Å². The van der Waals surface area contributed by atoms with Gasteiger partial charge in [0, 0.05) is 36.8 Å². The number of aromatic amines is 1. The molecule has 2 N–H and O–H groups in total. The Morgan fingerprint density at radius 2 is 2.03 bits per heavy atom. The summed E-state index contributed by atoms with van der Waals surface area (Å²) in [6.07, 6.45) is 3.04. The molecule has 1 spiro atoms. The van der Waals surface area contributed by atoms with E-state index in [1.165, 1.54) is 19.4 Å². The van der Waals surface area contributed by atoms with Gasteiger partial charge < -0.3 is 19.7 Å². The summed E-state index contributed by atoms with van der Waals surface area (Å²) in [5.41, 5.74) is 1.25.